The minimum Gasteiger partial charge on any atom is -0.392 e. The van der Waals surface area contributed by atoms with Crippen LogP contribution in [0.2, 0.25) is 0 Å². The van der Waals surface area contributed by atoms with Crippen LogP contribution in [0.5, 0.6) is 0 Å². The molecule has 2 aromatic carbocycles. The van der Waals surface area contributed by atoms with Gasteiger partial charge in [0.1, 0.15) is 5.82 Å². The van der Waals surface area contributed by atoms with Crippen LogP contribution in [0.3, 0.4) is 0 Å². The summed E-state index contributed by atoms with van der Waals surface area (Å²) in [7, 11) is 0. The lowest BCUT2D eigenvalue weighted by atomic mass is 10.0. The van der Waals surface area contributed by atoms with Gasteiger partial charge in [-0.05, 0) is 55.0 Å². The quantitative estimate of drug-likeness (QED) is 0.404. The Hall–Kier alpha value is -3.77. The van der Waals surface area contributed by atoms with Gasteiger partial charge in [0.05, 0.1) is 12.3 Å². The van der Waals surface area contributed by atoms with E-state index in [2.05, 4.69) is 46.4 Å². The number of nitrogens with zero attached hydrogens (tertiary/aromatic N) is 4. The summed E-state index contributed by atoms with van der Waals surface area (Å²) in [6, 6.07) is 22.6. The maximum atomic E-state index is 9.39. The molecule has 34 heavy (non-hydrogen) atoms. The maximum Gasteiger partial charge on any atom is 0.224 e. The summed E-state index contributed by atoms with van der Waals surface area (Å²) >= 11 is 0. The van der Waals surface area contributed by atoms with Crippen LogP contribution in [0.1, 0.15) is 30.0 Å². The van der Waals surface area contributed by atoms with Gasteiger partial charge in [-0.3, -0.25) is 4.98 Å². The summed E-state index contributed by atoms with van der Waals surface area (Å²) in [5, 5.41) is 12.8. The number of aromatic nitrogens is 3. The molecular weight excluding hydrogens is 422 g/mol. The van der Waals surface area contributed by atoms with Crippen LogP contribution in [0.4, 0.5) is 17.5 Å². The Balaban J connectivity index is 1.36. The SMILES string of the molecule is CC(Cc1cccc(CO)c1)Nc1nccc(N2CCCc3cnc(-c4ccccc4)cc32)n1. The molecule has 1 atom stereocenters. The molecule has 3 heterocycles. The fraction of sp³-hybridized carbons (Fsp3) is 0.250. The summed E-state index contributed by atoms with van der Waals surface area (Å²) in [6.07, 6.45) is 6.72. The number of hydrogen-bond donors (Lipinski definition) is 2. The molecule has 172 valence electrons. The van der Waals surface area contributed by atoms with Gasteiger partial charge in [0.2, 0.25) is 5.95 Å². The zero-order valence-corrected chi connectivity index (χ0v) is 19.4. The van der Waals surface area contributed by atoms with Crippen LogP contribution in [0.25, 0.3) is 11.3 Å². The summed E-state index contributed by atoms with van der Waals surface area (Å²) in [5.74, 6) is 1.51. The lowest BCUT2D eigenvalue weighted by Crippen LogP contribution is -2.26. The van der Waals surface area contributed by atoms with Gasteiger partial charge >= 0.3 is 0 Å². The molecule has 6 nitrogen and oxygen atoms in total. The van der Waals surface area contributed by atoms with Crippen molar-refractivity contribution in [1.82, 2.24) is 15.0 Å². The molecule has 5 rings (SSSR count). The fourth-order valence-corrected chi connectivity index (χ4v) is 4.52. The van der Waals surface area contributed by atoms with Crippen molar-refractivity contribution in [2.45, 2.75) is 38.8 Å². The van der Waals surface area contributed by atoms with Crippen molar-refractivity contribution in [1.29, 1.82) is 0 Å². The maximum absolute atomic E-state index is 9.39. The first-order chi connectivity index (χ1) is 16.7. The van der Waals surface area contributed by atoms with Crippen molar-refractivity contribution in [2.75, 3.05) is 16.8 Å². The Morgan fingerprint density at radius 1 is 1.00 bits per heavy atom. The van der Waals surface area contributed by atoms with Gasteiger partial charge in [0.15, 0.2) is 0 Å². The molecule has 0 amide bonds. The number of fused-ring (bicyclic) bond motifs is 1. The average Bonchev–Trinajstić information content (AvgIpc) is 2.88. The van der Waals surface area contributed by atoms with Crippen LogP contribution >= 0.6 is 0 Å². The summed E-state index contributed by atoms with van der Waals surface area (Å²) < 4.78 is 0. The molecule has 0 radical (unpaired) electrons. The third kappa shape index (κ3) is 4.92. The normalized spacial score (nSPS) is 13.9. The fourth-order valence-electron chi connectivity index (χ4n) is 4.52. The molecule has 0 saturated heterocycles. The molecule has 1 aliphatic heterocycles. The standard InChI is InChI=1S/C28H29N5O/c1-20(15-21-7-5-8-22(16-21)19-34)31-28-29-13-12-27(32-28)33-14-6-11-24-18-30-25(17-26(24)33)23-9-3-2-4-10-23/h2-5,7-10,12-13,16-18,20,34H,6,11,14-15,19H2,1H3,(H,29,31,32). The van der Waals surface area contributed by atoms with E-state index in [0.29, 0.717) is 5.95 Å². The van der Waals surface area contributed by atoms with E-state index < -0.39 is 0 Å². The number of aryl methyl sites for hydroxylation is 1. The van der Waals surface area contributed by atoms with E-state index >= 15 is 0 Å². The first kappa shape index (κ1) is 22.0. The van der Waals surface area contributed by atoms with E-state index in [0.717, 1.165) is 48.4 Å². The van der Waals surface area contributed by atoms with Crippen molar-refractivity contribution < 1.29 is 5.11 Å². The molecule has 0 bridgehead atoms. The van der Waals surface area contributed by atoms with Crippen LogP contribution in [-0.4, -0.2) is 32.6 Å². The van der Waals surface area contributed by atoms with E-state index in [1.807, 2.05) is 54.9 Å². The first-order valence-corrected chi connectivity index (χ1v) is 11.8. The molecular formula is C28H29N5O. The molecule has 0 saturated carbocycles. The lowest BCUT2D eigenvalue weighted by molar-refractivity contribution is 0.281. The van der Waals surface area contributed by atoms with Crippen molar-refractivity contribution in [3.63, 3.8) is 0 Å². The predicted octanol–water partition coefficient (Wildman–Crippen LogP) is 5.16. The summed E-state index contributed by atoms with van der Waals surface area (Å²) in [5.41, 5.74) is 6.59. The van der Waals surface area contributed by atoms with Gasteiger partial charge in [-0.1, -0.05) is 54.6 Å². The van der Waals surface area contributed by atoms with Gasteiger partial charge < -0.3 is 15.3 Å². The second-order valence-corrected chi connectivity index (χ2v) is 8.79. The highest BCUT2D eigenvalue weighted by Gasteiger charge is 2.21. The Morgan fingerprint density at radius 3 is 2.71 bits per heavy atom. The Kier molecular flexibility index (Phi) is 6.49. The van der Waals surface area contributed by atoms with E-state index in [4.69, 9.17) is 9.97 Å². The molecule has 2 N–H and O–H groups in total. The number of anilines is 3. The van der Waals surface area contributed by atoms with Crippen molar-refractivity contribution >= 4 is 17.5 Å². The van der Waals surface area contributed by atoms with E-state index in [-0.39, 0.29) is 12.6 Å². The molecule has 2 aromatic heterocycles. The minimum absolute atomic E-state index is 0.0552. The monoisotopic (exact) mass is 451 g/mol. The highest BCUT2D eigenvalue weighted by atomic mass is 16.3. The molecule has 0 aliphatic carbocycles. The molecule has 0 fully saturated rings. The van der Waals surface area contributed by atoms with Gasteiger partial charge in [-0.15, -0.1) is 0 Å². The number of nitrogens with one attached hydrogen (secondary N) is 1. The van der Waals surface area contributed by atoms with Crippen molar-refractivity contribution in [2.24, 2.45) is 0 Å². The third-order valence-corrected chi connectivity index (χ3v) is 6.16. The highest BCUT2D eigenvalue weighted by Crippen LogP contribution is 2.34. The predicted molar refractivity (Wildman–Crippen MR) is 136 cm³/mol. The zero-order valence-electron chi connectivity index (χ0n) is 19.4. The van der Waals surface area contributed by atoms with Crippen molar-refractivity contribution in [3.8, 4) is 11.3 Å². The third-order valence-electron chi connectivity index (χ3n) is 6.16. The molecule has 4 aromatic rings. The highest BCUT2D eigenvalue weighted by molar-refractivity contribution is 5.72. The number of pyridine rings is 1. The van der Waals surface area contributed by atoms with Crippen LogP contribution in [0.15, 0.2) is 79.1 Å². The van der Waals surface area contributed by atoms with E-state index in [9.17, 15) is 5.11 Å². The van der Waals surface area contributed by atoms with Crippen molar-refractivity contribution in [3.05, 3.63) is 95.8 Å². The topological polar surface area (TPSA) is 74.2 Å². The van der Waals surface area contributed by atoms with E-state index in [1.165, 1.54) is 16.8 Å². The number of aliphatic hydroxyl groups excluding tert-OH is 1. The van der Waals surface area contributed by atoms with Crippen LogP contribution < -0.4 is 10.2 Å². The minimum atomic E-state index is 0.0552. The Bertz CT molecular complexity index is 1260. The summed E-state index contributed by atoms with van der Waals surface area (Å²) in [6.45, 7) is 3.08. The van der Waals surface area contributed by atoms with Gasteiger partial charge in [0.25, 0.3) is 0 Å². The second-order valence-electron chi connectivity index (χ2n) is 8.79. The van der Waals surface area contributed by atoms with Crippen LogP contribution in [-0.2, 0) is 19.4 Å². The van der Waals surface area contributed by atoms with Gasteiger partial charge in [0, 0.05) is 36.2 Å². The number of aliphatic hydroxyl groups is 1. The average molecular weight is 452 g/mol. The largest absolute Gasteiger partial charge is 0.392 e. The second kappa shape index (κ2) is 10.0. The molecule has 1 unspecified atom stereocenters. The van der Waals surface area contributed by atoms with Crippen LogP contribution in [0, 0.1) is 0 Å². The lowest BCUT2D eigenvalue weighted by Gasteiger charge is -2.30. The number of hydrogen-bond acceptors (Lipinski definition) is 6. The number of rotatable bonds is 7. The van der Waals surface area contributed by atoms with Gasteiger partial charge in [-0.2, -0.15) is 4.98 Å². The summed E-state index contributed by atoms with van der Waals surface area (Å²) in [4.78, 5) is 16.3. The Labute approximate surface area is 200 Å². The molecule has 1 aliphatic rings. The molecule has 0 spiro atoms. The van der Waals surface area contributed by atoms with Gasteiger partial charge in [-0.25, -0.2) is 4.98 Å². The first-order valence-electron chi connectivity index (χ1n) is 11.8. The number of benzene rings is 2. The molecule has 6 heteroatoms. The van der Waals surface area contributed by atoms with E-state index in [1.54, 1.807) is 0 Å². The zero-order chi connectivity index (χ0) is 23.3. The smallest absolute Gasteiger partial charge is 0.224 e. The Morgan fingerprint density at radius 2 is 1.85 bits per heavy atom.